The van der Waals surface area contributed by atoms with Gasteiger partial charge in [-0.2, -0.15) is 13.2 Å². The molecule has 0 saturated heterocycles. The summed E-state index contributed by atoms with van der Waals surface area (Å²) in [6, 6.07) is 12.2. The van der Waals surface area contributed by atoms with Gasteiger partial charge in [0.2, 0.25) is 5.91 Å². The number of hydrogen-bond acceptors (Lipinski definition) is 3. The maximum atomic E-state index is 13.0. The normalized spacial score (nSPS) is 23.3. The average molecular weight is 375 g/mol. The Hall–Kier alpha value is -2.83. The first-order valence-corrected chi connectivity index (χ1v) is 8.41. The molecule has 142 valence electrons. The number of benzene rings is 2. The van der Waals surface area contributed by atoms with Gasteiger partial charge in [-0.15, -0.1) is 0 Å². The van der Waals surface area contributed by atoms with Gasteiger partial charge in [-0.1, -0.05) is 42.0 Å². The van der Waals surface area contributed by atoms with Gasteiger partial charge in [0, 0.05) is 7.05 Å². The summed E-state index contributed by atoms with van der Waals surface area (Å²) in [7, 11) is 1.51. The number of carbonyl (C=O) groups excluding carboxylic acids is 1. The highest BCUT2D eigenvalue weighted by Crippen LogP contribution is 2.44. The van der Waals surface area contributed by atoms with Crippen molar-refractivity contribution in [1.29, 1.82) is 0 Å². The zero-order valence-electron chi connectivity index (χ0n) is 15.2. The summed E-state index contributed by atoms with van der Waals surface area (Å²) in [6.45, 7) is 3.70. The van der Waals surface area contributed by atoms with E-state index in [9.17, 15) is 18.0 Å². The second kappa shape index (κ2) is 6.40. The van der Waals surface area contributed by atoms with E-state index >= 15 is 0 Å². The van der Waals surface area contributed by atoms with Crippen molar-refractivity contribution < 1.29 is 18.0 Å². The third-order valence-corrected chi connectivity index (χ3v) is 5.00. The number of halogens is 3. The highest BCUT2D eigenvalue weighted by atomic mass is 19.4. The first-order valence-electron chi connectivity index (χ1n) is 8.41. The number of hydrogen-bond donors (Lipinski definition) is 1. The third-order valence-electron chi connectivity index (χ3n) is 5.00. The zero-order valence-corrected chi connectivity index (χ0v) is 15.2. The largest absolute Gasteiger partial charge is 0.416 e. The summed E-state index contributed by atoms with van der Waals surface area (Å²) in [4.78, 5) is 18.8. The minimum atomic E-state index is -4.44. The Bertz CT molecular complexity index is 905. The molecule has 0 aromatic heterocycles. The van der Waals surface area contributed by atoms with Crippen molar-refractivity contribution in [3.05, 3.63) is 70.8 Å². The Balaban J connectivity index is 2.16. The van der Waals surface area contributed by atoms with Gasteiger partial charge in [0.15, 0.2) is 5.96 Å². The molecule has 2 N–H and O–H groups in total. The van der Waals surface area contributed by atoms with Crippen molar-refractivity contribution >= 4 is 11.9 Å². The predicted octanol–water partition coefficient (Wildman–Crippen LogP) is 3.80. The maximum absolute atomic E-state index is 13.0. The Morgan fingerprint density at radius 1 is 1.15 bits per heavy atom. The van der Waals surface area contributed by atoms with Crippen LogP contribution in [0.5, 0.6) is 0 Å². The van der Waals surface area contributed by atoms with Crippen LogP contribution in [0.2, 0.25) is 0 Å². The smallest absolute Gasteiger partial charge is 0.369 e. The van der Waals surface area contributed by atoms with Crippen LogP contribution in [0, 0.1) is 6.92 Å². The molecule has 2 aromatic carbocycles. The molecule has 7 heteroatoms. The molecule has 0 aliphatic carbocycles. The van der Waals surface area contributed by atoms with E-state index in [2.05, 4.69) is 4.99 Å². The van der Waals surface area contributed by atoms with Crippen molar-refractivity contribution in [2.45, 2.75) is 31.5 Å². The predicted molar refractivity (Wildman–Crippen MR) is 97.1 cm³/mol. The van der Waals surface area contributed by atoms with E-state index < -0.39 is 23.2 Å². The lowest BCUT2D eigenvalue weighted by Crippen LogP contribution is -2.52. The van der Waals surface area contributed by atoms with Gasteiger partial charge in [0.1, 0.15) is 5.54 Å². The Morgan fingerprint density at radius 3 is 2.33 bits per heavy atom. The second-order valence-electron chi connectivity index (χ2n) is 6.94. The Morgan fingerprint density at radius 2 is 1.78 bits per heavy atom. The van der Waals surface area contributed by atoms with Crippen LogP contribution in [0.4, 0.5) is 13.2 Å². The fourth-order valence-electron chi connectivity index (χ4n) is 3.45. The number of carbonyl (C=O) groups is 1. The molecule has 0 radical (unpaired) electrons. The van der Waals surface area contributed by atoms with Gasteiger partial charge in [0.05, 0.1) is 11.5 Å². The van der Waals surface area contributed by atoms with Crippen molar-refractivity contribution in [3.63, 3.8) is 0 Å². The van der Waals surface area contributed by atoms with E-state index in [0.717, 1.165) is 23.3 Å². The number of aryl methyl sites for hydroxylation is 1. The highest BCUT2D eigenvalue weighted by Gasteiger charge is 2.47. The van der Waals surface area contributed by atoms with E-state index in [1.807, 2.05) is 31.2 Å². The summed E-state index contributed by atoms with van der Waals surface area (Å²) >= 11 is 0. The molecular weight excluding hydrogens is 355 g/mol. The molecule has 2 unspecified atom stereocenters. The van der Waals surface area contributed by atoms with Gasteiger partial charge >= 0.3 is 6.18 Å². The second-order valence-corrected chi connectivity index (χ2v) is 6.94. The van der Waals surface area contributed by atoms with Crippen molar-refractivity contribution in [2.75, 3.05) is 7.05 Å². The minimum absolute atomic E-state index is 0.0761. The lowest BCUT2D eigenvalue weighted by atomic mass is 9.74. The molecule has 2 atom stereocenters. The number of alkyl halides is 3. The monoisotopic (exact) mass is 375 g/mol. The Kier molecular flexibility index (Phi) is 4.49. The van der Waals surface area contributed by atoms with Crippen LogP contribution in [0.15, 0.2) is 53.5 Å². The van der Waals surface area contributed by atoms with Gasteiger partial charge in [-0.05, 0) is 37.1 Å². The third kappa shape index (κ3) is 3.29. The molecule has 4 nitrogen and oxygen atoms in total. The lowest BCUT2D eigenvalue weighted by molar-refractivity contribution is -0.137. The fraction of sp³-hybridized carbons (Fsp3) is 0.300. The van der Waals surface area contributed by atoms with Crippen LogP contribution in [-0.4, -0.2) is 23.8 Å². The van der Waals surface area contributed by atoms with Crippen LogP contribution in [0.1, 0.15) is 35.1 Å². The van der Waals surface area contributed by atoms with E-state index in [1.165, 1.54) is 24.1 Å². The number of guanidine groups is 1. The summed E-state index contributed by atoms with van der Waals surface area (Å²) in [5.41, 5.74) is 6.38. The highest BCUT2D eigenvalue weighted by molar-refractivity contribution is 6.02. The number of rotatable bonds is 2. The molecule has 1 heterocycles. The van der Waals surface area contributed by atoms with Crippen LogP contribution < -0.4 is 5.73 Å². The average Bonchev–Trinajstić information content (AvgIpc) is 2.59. The molecule has 1 aliphatic heterocycles. The van der Waals surface area contributed by atoms with Crippen molar-refractivity contribution in [2.24, 2.45) is 10.7 Å². The van der Waals surface area contributed by atoms with Gasteiger partial charge in [0.25, 0.3) is 0 Å². The van der Waals surface area contributed by atoms with E-state index in [4.69, 9.17) is 5.73 Å². The van der Waals surface area contributed by atoms with Crippen LogP contribution in [0.3, 0.4) is 0 Å². The molecule has 2 aromatic rings. The van der Waals surface area contributed by atoms with Gasteiger partial charge in [-0.3, -0.25) is 9.69 Å². The zero-order chi connectivity index (χ0) is 20.0. The SMILES string of the molecule is Cc1cccc(C2(C)N=C(N)N(C)C(=O)C2c2ccc(C(F)(F)F)cc2)c1. The number of amides is 1. The number of nitrogens with zero attached hydrogens (tertiary/aromatic N) is 2. The first-order chi connectivity index (χ1) is 12.5. The number of aliphatic imine (C=N–C) groups is 1. The number of likely N-dealkylation sites (N-methyl/N-ethyl adjacent to an activating group) is 1. The molecular formula is C20H20F3N3O. The molecule has 0 fully saturated rings. The minimum Gasteiger partial charge on any atom is -0.369 e. The maximum Gasteiger partial charge on any atom is 0.416 e. The standard InChI is InChI=1S/C20H20F3N3O/c1-12-5-4-6-15(11-12)19(2)16(17(27)26(3)18(24)25-19)13-7-9-14(10-8-13)20(21,22)23/h4-11,16H,1-3H3,(H2,24,25). The summed E-state index contributed by atoms with van der Waals surface area (Å²) in [5, 5.41) is 0. The molecule has 0 saturated carbocycles. The van der Waals surface area contributed by atoms with Gasteiger partial charge in [-0.25, -0.2) is 4.99 Å². The van der Waals surface area contributed by atoms with Crippen LogP contribution in [0.25, 0.3) is 0 Å². The number of nitrogens with two attached hydrogens (primary N) is 1. The Labute approximate surface area is 155 Å². The molecule has 0 bridgehead atoms. The molecule has 3 rings (SSSR count). The topological polar surface area (TPSA) is 58.7 Å². The summed E-state index contributed by atoms with van der Waals surface area (Å²) in [6.07, 6.45) is -4.44. The van der Waals surface area contributed by atoms with Crippen LogP contribution in [-0.2, 0) is 16.5 Å². The van der Waals surface area contributed by atoms with E-state index in [-0.39, 0.29) is 11.9 Å². The lowest BCUT2D eigenvalue weighted by Gasteiger charge is -2.41. The molecule has 1 amide bonds. The van der Waals surface area contributed by atoms with E-state index in [0.29, 0.717) is 5.56 Å². The molecule has 1 aliphatic rings. The van der Waals surface area contributed by atoms with E-state index in [1.54, 1.807) is 6.92 Å². The van der Waals surface area contributed by atoms with Crippen LogP contribution >= 0.6 is 0 Å². The van der Waals surface area contributed by atoms with Crippen molar-refractivity contribution in [1.82, 2.24) is 4.90 Å². The first kappa shape index (κ1) is 18.9. The fourth-order valence-corrected chi connectivity index (χ4v) is 3.45. The molecule has 0 spiro atoms. The summed E-state index contributed by atoms with van der Waals surface area (Å²) < 4.78 is 38.7. The molecule has 27 heavy (non-hydrogen) atoms. The quantitative estimate of drug-likeness (QED) is 0.868. The van der Waals surface area contributed by atoms with Crippen molar-refractivity contribution in [3.8, 4) is 0 Å². The summed E-state index contributed by atoms with van der Waals surface area (Å²) in [5.74, 6) is -1.03. The van der Waals surface area contributed by atoms with Gasteiger partial charge < -0.3 is 5.73 Å².